The normalized spacial score (nSPS) is 28.0. The first-order valence-corrected chi connectivity index (χ1v) is 8.04. The van der Waals surface area contributed by atoms with Crippen molar-refractivity contribution in [2.75, 3.05) is 6.54 Å². The third kappa shape index (κ3) is 6.19. The van der Waals surface area contributed by atoms with E-state index in [1.807, 2.05) is 0 Å². The molecule has 0 spiro atoms. The number of hydrogen-bond donors (Lipinski definition) is 1. The summed E-state index contributed by atoms with van der Waals surface area (Å²) in [6, 6.07) is 0.621. The lowest BCUT2D eigenvalue weighted by Crippen LogP contribution is -2.36. The van der Waals surface area contributed by atoms with Crippen LogP contribution in [0.1, 0.15) is 72.6 Å². The van der Waals surface area contributed by atoms with Gasteiger partial charge in [-0.3, -0.25) is 0 Å². The van der Waals surface area contributed by atoms with Gasteiger partial charge < -0.3 is 10.1 Å². The fourth-order valence-corrected chi connectivity index (χ4v) is 3.01. The standard InChI is InChI=1S/C16H33NO/c1-5-8-13(3)17-12-14(4)18-16-10-7-9-15(6-2)11-16/h13-17H,5-12H2,1-4H3. The third-order valence-electron chi connectivity index (χ3n) is 4.21. The van der Waals surface area contributed by atoms with Gasteiger partial charge in [0.15, 0.2) is 0 Å². The molecule has 1 fully saturated rings. The molecule has 108 valence electrons. The van der Waals surface area contributed by atoms with Gasteiger partial charge in [0.25, 0.3) is 0 Å². The van der Waals surface area contributed by atoms with E-state index < -0.39 is 0 Å². The molecule has 0 saturated heterocycles. The number of hydrogen-bond acceptors (Lipinski definition) is 2. The van der Waals surface area contributed by atoms with Gasteiger partial charge in [0.1, 0.15) is 0 Å². The van der Waals surface area contributed by atoms with E-state index in [0.717, 1.165) is 12.5 Å². The third-order valence-corrected chi connectivity index (χ3v) is 4.21. The Labute approximate surface area is 114 Å². The molecule has 4 atom stereocenters. The Kier molecular flexibility index (Phi) is 7.92. The van der Waals surface area contributed by atoms with Crippen LogP contribution in [-0.2, 0) is 4.74 Å². The van der Waals surface area contributed by atoms with Crippen LogP contribution in [0.15, 0.2) is 0 Å². The fourth-order valence-electron chi connectivity index (χ4n) is 3.01. The van der Waals surface area contributed by atoms with Crippen LogP contribution in [0.3, 0.4) is 0 Å². The second kappa shape index (κ2) is 8.92. The maximum absolute atomic E-state index is 6.19. The topological polar surface area (TPSA) is 21.3 Å². The molecule has 2 heteroatoms. The zero-order valence-electron chi connectivity index (χ0n) is 12.9. The van der Waals surface area contributed by atoms with E-state index in [-0.39, 0.29) is 0 Å². The molecule has 0 aromatic carbocycles. The molecule has 1 N–H and O–H groups in total. The van der Waals surface area contributed by atoms with Gasteiger partial charge in [-0.15, -0.1) is 0 Å². The summed E-state index contributed by atoms with van der Waals surface area (Å²) in [5.74, 6) is 0.905. The second-order valence-electron chi connectivity index (χ2n) is 6.11. The summed E-state index contributed by atoms with van der Waals surface area (Å²) in [5, 5.41) is 3.57. The van der Waals surface area contributed by atoms with Crippen molar-refractivity contribution >= 4 is 0 Å². The van der Waals surface area contributed by atoms with Crippen molar-refractivity contribution in [3.8, 4) is 0 Å². The van der Waals surface area contributed by atoms with Crippen LogP contribution in [0.25, 0.3) is 0 Å². The van der Waals surface area contributed by atoms with E-state index in [0.29, 0.717) is 18.2 Å². The van der Waals surface area contributed by atoms with Crippen molar-refractivity contribution in [1.29, 1.82) is 0 Å². The van der Waals surface area contributed by atoms with Gasteiger partial charge >= 0.3 is 0 Å². The highest BCUT2D eigenvalue weighted by atomic mass is 16.5. The predicted molar refractivity (Wildman–Crippen MR) is 79.0 cm³/mol. The first kappa shape index (κ1) is 16.0. The fraction of sp³-hybridized carbons (Fsp3) is 1.00. The van der Waals surface area contributed by atoms with Gasteiger partial charge in [-0.2, -0.15) is 0 Å². The van der Waals surface area contributed by atoms with Crippen LogP contribution in [0.4, 0.5) is 0 Å². The van der Waals surface area contributed by atoms with E-state index in [2.05, 4.69) is 33.0 Å². The van der Waals surface area contributed by atoms with Crippen molar-refractivity contribution < 1.29 is 4.74 Å². The van der Waals surface area contributed by atoms with Crippen molar-refractivity contribution in [2.45, 2.75) is 90.9 Å². The Morgan fingerprint density at radius 3 is 2.67 bits per heavy atom. The van der Waals surface area contributed by atoms with Crippen LogP contribution in [-0.4, -0.2) is 24.8 Å². The number of ether oxygens (including phenoxy) is 1. The minimum absolute atomic E-state index is 0.352. The van der Waals surface area contributed by atoms with Gasteiger partial charge in [-0.1, -0.05) is 39.5 Å². The summed E-state index contributed by atoms with van der Waals surface area (Å²) in [5.41, 5.74) is 0. The molecule has 0 aromatic heterocycles. The zero-order valence-corrected chi connectivity index (χ0v) is 12.9. The molecule has 0 aromatic rings. The monoisotopic (exact) mass is 255 g/mol. The van der Waals surface area contributed by atoms with Crippen molar-refractivity contribution in [2.24, 2.45) is 5.92 Å². The molecule has 1 rings (SSSR count). The molecule has 1 saturated carbocycles. The maximum Gasteiger partial charge on any atom is 0.0675 e. The zero-order chi connectivity index (χ0) is 13.4. The SMILES string of the molecule is CCCC(C)NCC(C)OC1CCCC(CC)C1. The van der Waals surface area contributed by atoms with E-state index in [1.54, 1.807) is 0 Å². The molecule has 0 aliphatic heterocycles. The predicted octanol–water partition coefficient (Wildman–Crippen LogP) is 4.14. The van der Waals surface area contributed by atoms with Crippen LogP contribution >= 0.6 is 0 Å². The Morgan fingerprint density at radius 2 is 2.00 bits per heavy atom. The molecule has 1 aliphatic rings. The van der Waals surface area contributed by atoms with Crippen LogP contribution in [0.5, 0.6) is 0 Å². The Hall–Kier alpha value is -0.0800. The van der Waals surface area contributed by atoms with Crippen LogP contribution in [0.2, 0.25) is 0 Å². The van der Waals surface area contributed by atoms with Crippen molar-refractivity contribution in [3.63, 3.8) is 0 Å². The molecule has 4 unspecified atom stereocenters. The maximum atomic E-state index is 6.19. The van der Waals surface area contributed by atoms with E-state index in [9.17, 15) is 0 Å². The highest BCUT2D eigenvalue weighted by Crippen LogP contribution is 2.28. The molecule has 1 aliphatic carbocycles. The van der Waals surface area contributed by atoms with Crippen molar-refractivity contribution in [3.05, 3.63) is 0 Å². The summed E-state index contributed by atoms with van der Waals surface area (Å²) in [4.78, 5) is 0. The first-order chi connectivity index (χ1) is 8.65. The minimum atomic E-state index is 0.352. The first-order valence-electron chi connectivity index (χ1n) is 8.04. The molecule has 18 heavy (non-hydrogen) atoms. The molecular weight excluding hydrogens is 222 g/mol. The summed E-state index contributed by atoms with van der Waals surface area (Å²) < 4.78 is 6.19. The molecule has 0 bridgehead atoms. The Balaban J connectivity index is 2.16. The summed E-state index contributed by atoms with van der Waals surface area (Å²) in [7, 11) is 0. The quantitative estimate of drug-likeness (QED) is 0.704. The summed E-state index contributed by atoms with van der Waals surface area (Å²) >= 11 is 0. The molecule has 2 nitrogen and oxygen atoms in total. The Bertz CT molecular complexity index is 207. The molecule has 0 heterocycles. The summed E-state index contributed by atoms with van der Waals surface area (Å²) in [6.07, 6.45) is 10.0. The van der Waals surface area contributed by atoms with Gasteiger partial charge in [-0.05, 0) is 39.0 Å². The largest absolute Gasteiger partial charge is 0.374 e. The van der Waals surface area contributed by atoms with E-state index >= 15 is 0 Å². The lowest BCUT2D eigenvalue weighted by atomic mass is 9.85. The van der Waals surface area contributed by atoms with Gasteiger partial charge in [-0.25, -0.2) is 0 Å². The number of nitrogens with one attached hydrogen (secondary N) is 1. The molecule has 0 radical (unpaired) electrons. The van der Waals surface area contributed by atoms with Gasteiger partial charge in [0.05, 0.1) is 12.2 Å². The van der Waals surface area contributed by atoms with E-state index in [4.69, 9.17) is 4.74 Å². The van der Waals surface area contributed by atoms with E-state index in [1.165, 1.54) is 44.9 Å². The van der Waals surface area contributed by atoms with Gasteiger partial charge in [0.2, 0.25) is 0 Å². The summed E-state index contributed by atoms with van der Waals surface area (Å²) in [6.45, 7) is 10.0. The highest BCUT2D eigenvalue weighted by molar-refractivity contribution is 4.74. The van der Waals surface area contributed by atoms with Crippen molar-refractivity contribution in [1.82, 2.24) is 5.32 Å². The van der Waals surface area contributed by atoms with Crippen LogP contribution < -0.4 is 5.32 Å². The second-order valence-corrected chi connectivity index (χ2v) is 6.11. The van der Waals surface area contributed by atoms with Crippen LogP contribution in [0, 0.1) is 5.92 Å². The molecular formula is C16H33NO. The highest BCUT2D eigenvalue weighted by Gasteiger charge is 2.22. The molecule has 0 amide bonds. The lowest BCUT2D eigenvalue weighted by molar-refractivity contribution is -0.0322. The van der Waals surface area contributed by atoms with Gasteiger partial charge in [0, 0.05) is 12.6 Å². The lowest BCUT2D eigenvalue weighted by Gasteiger charge is -2.31. The smallest absolute Gasteiger partial charge is 0.0675 e. The number of rotatable bonds is 8. The average Bonchev–Trinajstić information content (AvgIpc) is 2.37. The Morgan fingerprint density at radius 1 is 1.22 bits per heavy atom. The average molecular weight is 255 g/mol. The minimum Gasteiger partial charge on any atom is -0.374 e.